The molecule has 9 rings (SSSR count). The predicted molar refractivity (Wildman–Crippen MR) is 236 cm³/mol. The molecule has 57 heavy (non-hydrogen) atoms. The number of aromatic nitrogens is 4. The average Bonchev–Trinajstić information content (AvgIpc) is 3.73. The van der Waals surface area contributed by atoms with Crippen LogP contribution in [-0.4, -0.2) is 14.1 Å². The van der Waals surface area contributed by atoms with Crippen LogP contribution in [0.1, 0.15) is 63.8 Å². The molecule has 0 unspecified atom stereocenters. The number of imidazole rings is 1. The molecular formula is C52H49N4O+. The highest BCUT2D eigenvalue weighted by molar-refractivity contribution is 6.10. The Balaban J connectivity index is 1.14. The maximum absolute atomic E-state index is 6.74. The Bertz CT molecular complexity index is 2950. The molecule has 3 aromatic heterocycles. The molecule has 6 aromatic carbocycles. The summed E-state index contributed by atoms with van der Waals surface area (Å²) in [7, 11) is 0. The summed E-state index contributed by atoms with van der Waals surface area (Å²) >= 11 is 0. The van der Waals surface area contributed by atoms with Crippen molar-refractivity contribution in [1.82, 2.24) is 14.1 Å². The number of fused-ring (bicyclic) bond motifs is 4. The zero-order chi connectivity index (χ0) is 39.6. The van der Waals surface area contributed by atoms with Gasteiger partial charge in [0.15, 0.2) is 11.0 Å². The Kier molecular flexibility index (Phi) is 8.65. The fourth-order valence-corrected chi connectivity index (χ4v) is 8.23. The lowest BCUT2D eigenvalue weighted by molar-refractivity contribution is -0.568. The Labute approximate surface area is 335 Å². The van der Waals surface area contributed by atoms with Gasteiger partial charge in [-0.25, -0.2) is 4.98 Å². The molecular weight excluding hydrogens is 697 g/mol. The highest BCUT2D eigenvalue weighted by Gasteiger charge is 2.25. The third-order valence-corrected chi connectivity index (χ3v) is 11.2. The lowest BCUT2D eigenvalue weighted by Gasteiger charge is -2.21. The molecule has 0 saturated carbocycles. The minimum absolute atomic E-state index is 0.0188. The van der Waals surface area contributed by atoms with Crippen LogP contribution in [0.15, 0.2) is 152 Å². The number of hydrogen-bond donors (Lipinski definition) is 0. The summed E-state index contributed by atoms with van der Waals surface area (Å²) in [4.78, 5) is 4.93. The maximum atomic E-state index is 6.74. The molecule has 0 bridgehead atoms. The molecule has 0 atom stereocenters. The monoisotopic (exact) mass is 745 g/mol. The number of pyridine rings is 1. The van der Waals surface area contributed by atoms with Crippen molar-refractivity contribution >= 4 is 32.8 Å². The first-order valence-electron chi connectivity index (χ1n) is 19.9. The summed E-state index contributed by atoms with van der Waals surface area (Å²) in [5, 5.41) is 2.32. The van der Waals surface area contributed by atoms with Gasteiger partial charge in [0.2, 0.25) is 0 Å². The Morgan fingerprint density at radius 3 is 2.02 bits per heavy atom. The van der Waals surface area contributed by atoms with Gasteiger partial charge < -0.3 is 4.74 Å². The number of benzene rings is 6. The van der Waals surface area contributed by atoms with Crippen LogP contribution in [-0.2, 0) is 10.8 Å². The van der Waals surface area contributed by atoms with Crippen molar-refractivity contribution in [3.8, 4) is 39.8 Å². The normalized spacial score (nSPS) is 12.2. The molecule has 0 amide bonds. The lowest BCUT2D eigenvalue weighted by atomic mass is 9.84. The minimum Gasteiger partial charge on any atom is -0.457 e. The van der Waals surface area contributed by atoms with E-state index in [1.165, 1.54) is 44.5 Å². The number of hydrogen-bond acceptors (Lipinski definition) is 2. The summed E-state index contributed by atoms with van der Waals surface area (Å²) in [5.74, 6) is 2.41. The molecule has 3 heterocycles. The largest absolute Gasteiger partial charge is 0.457 e. The van der Waals surface area contributed by atoms with Gasteiger partial charge in [0.05, 0.1) is 11.0 Å². The molecule has 5 nitrogen and oxygen atoms in total. The maximum Gasteiger partial charge on any atom is 0.255 e. The molecule has 0 N–H and O–H groups in total. The Hall–Kier alpha value is -6.46. The zero-order valence-electron chi connectivity index (χ0n) is 34.1. The number of rotatable bonds is 6. The highest BCUT2D eigenvalue weighted by atomic mass is 16.5. The van der Waals surface area contributed by atoms with E-state index in [1.54, 1.807) is 0 Å². The average molecular weight is 746 g/mol. The van der Waals surface area contributed by atoms with Gasteiger partial charge in [-0.15, -0.1) is 0 Å². The van der Waals surface area contributed by atoms with Crippen molar-refractivity contribution < 1.29 is 9.30 Å². The van der Waals surface area contributed by atoms with E-state index in [-0.39, 0.29) is 10.8 Å². The van der Waals surface area contributed by atoms with E-state index < -0.39 is 0 Å². The first kappa shape index (κ1) is 36.2. The molecule has 9 aromatic rings. The van der Waals surface area contributed by atoms with Crippen molar-refractivity contribution in [3.05, 3.63) is 174 Å². The van der Waals surface area contributed by atoms with Gasteiger partial charge in [0, 0.05) is 29.1 Å². The fraction of sp³-hybridized carbons (Fsp3) is 0.192. The van der Waals surface area contributed by atoms with Crippen molar-refractivity contribution in [2.75, 3.05) is 0 Å². The number of ether oxygens (including phenoxy) is 1. The van der Waals surface area contributed by atoms with Crippen molar-refractivity contribution in [3.63, 3.8) is 0 Å². The first-order chi connectivity index (χ1) is 27.3. The molecule has 0 aliphatic heterocycles. The Morgan fingerprint density at radius 2 is 1.26 bits per heavy atom. The second-order valence-electron chi connectivity index (χ2n) is 17.4. The van der Waals surface area contributed by atoms with E-state index in [4.69, 9.17) is 9.72 Å². The molecule has 0 spiro atoms. The van der Waals surface area contributed by atoms with Crippen molar-refractivity contribution in [2.45, 2.75) is 66.2 Å². The van der Waals surface area contributed by atoms with Crippen LogP contribution in [0.3, 0.4) is 0 Å². The third-order valence-electron chi connectivity index (χ3n) is 11.2. The van der Waals surface area contributed by atoms with Crippen LogP contribution in [0.2, 0.25) is 0 Å². The van der Waals surface area contributed by atoms with Crippen LogP contribution in [0.5, 0.6) is 11.5 Å². The summed E-state index contributed by atoms with van der Waals surface area (Å²) < 4.78 is 13.6. The topological polar surface area (TPSA) is 35.9 Å². The second kappa shape index (κ2) is 13.6. The summed E-state index contributed by atoms with van der Waals surface area (Å²) in [6, 6.07) is 49.7. The van der Waals surface area contributed by atoms with Crippen LogP contribution in [0, 0.1) is 13.8 Å². The zero-order valence-corrected chi connectivity index (χ0v) is 34.1. The van der Waals surface area contributed by atoms with E-state index in [2.05, 4.69) is 209 Å². The third kappa shape index (κ3) is 6.57. The fourth-order valence-electron chi connectivity index (χ4n) is 8.23. The van der Waals surface area contributed by atoms with E-state index in [0.29, 0.717) is 0 Å². The quantitative estimate of drug-likeness (QED) is 0.159. The van der Waals surface area contributed by atoms with Gasteiger partial charge in [-0.3, -0.25) is 4.57 Å². The summed E-state index contributed by atoms with van der Waals surface area (Å²) in [6.45, 7) is 18.0. The van der Waals surface area contributed by atoms with Crippen LogP contribution < -0.4 is 9.30 Å². The van der Waals surface area contributed by atoms with Crippen LogP contribution in [0.4, 0.5) is 0 Å². The molecule has 0 aliphatic rings. The molecule has 0 fully saturated rings. The van der Waals surface area contributed by atoms with Gasteiger partial charge in [-0.1, -0.05) is 108 Å². The van der Waals surface area contributed by atoms with Gasteiger partial charge >= 0.3 is 0 Å². The Morgan fingerprint density at radius 1 is 0.544 bits per heavy atom. The number of para-hydroxylation sites is 2. The van der Waals surface area contributed by atoms with Gasteiger partial charge in [0.1, 0.15) is 28.7 Å². The molecule has 5 heteroatoms. The lowest BCUT2D eigenvalue weighted by Crippen LogP contribution is -2.31. The molecule has 0 radical (unpaired) electrons. The van der Waals surface area contributed by atoms with Crippen molar-refractivity contribution in [1.29, 1.82) is 0 Å². The van der Waals surface area contributed by atoms with Gasteiger partial charge in [0.25, 0.3) is 6.33 Å². The minimum atomic E-state index is -0.0188. The van der Waals surface area contributed by atoms with Crippen LogP contribution in [0.25, 0.3) is 61.2 Å². The van der Waals surface area contributed by atoms with Crippen LogP contribution >= 0.6 is 0 Å². The number of aryl methyl sites for hydroxylation is 2. The van der Waals surface area contributed by atoms with E-state index in [9.17, 15) is 0 Å². The second-order valence-corrected chi connectivity index (χ2v) is 17.4. The number of nitrogens with zero attached hydrogens (tertiary/aromatic N) is 4. The standard InChI is InChI=1S/C52H49N4O/c1-34-27-39(52(6,7)8)28-35(2)50(34)55-33-54(46-19-12-13-20-47(46)55)40-17-14-18-41(31-40)57-42-22-23-43-44-29-37(36-15-10-9-11-16-36)21-24-45(44)56(48(43)32-42)49-30-38(25-26-53-49)51(3,4)5/h9-33H,1-8H3/q+1. The SMILES string of the molecule is Cc1cc(C(C)(C)C)cc(C)c1-[n+]1cn(-c2cccc(Oc3ccc4c5cc(-c6ccccc6)ccc5n(-c5cc(C(C)(C)C)ccn5)c4c3)c2)c2ccccc21. The molecule has 0 aliphatic carbocycles. The van der Waals surface area contributed by atoms with Gasteiger partial charge in [-0.05, 0) is 119 Å². The van der Waals surface area contributed by atoms with E-state index >= 15 is 0 Å². The van der Waals surface area contributed by atoms with E-state index in [0.717, 1.165) is 50.5 Å². The summed E-state index contributed by atoms with van der Waals surface area (Å²) in [5.41, 5.74) is 14.2. The van der Waals surface area contributed by atoms with Gasteiger partial charge in [-0.2, -0.15) is 9.13 Å². The molecule has 282 valence electrons. The smallest absolute Gasteiger partial charge is 0.255 e. The first-order valence-corrected chi connectivity index (χ1v) is 19.9. The van der Waals surface area contributed by atoms with E-state index in [1.807, 2.05) is 12.3 Å². The molecule has 0 saturated heterocycles. The predicted octanol–water partition coefficient (Wildman–Crippen LogP) is 13.1. The van der Waals surface area contributed by atoms with Crippen molar-refractivity contribution in [2.24, 2.45) is 0 Å². The summed E-state index contributed by atoms with van der Waals surface area (Å²) in [6.07, 6.45) is 4.14. The highest BCUT2D eigenvalue weighted by Crippen LogP contribution is 2.38.